The maximum atomic E-state index is 10.3. The van der Waals surface area contributed by atoms with Gasteiger partial charge in [-0.1, -0.05) is 0 Å². The number of hydrogen-bond donors (Lipinski definition) is 0. The van der Waals surface area contributed by atoms with Crippen LogP contribution >= 0.6 is 0 Å². The fraction of sp³-hybridized carbons (Fsp3) is 0.600. The Bertz CT molecular complexity index is 400. The van der Waals surface area contributed by atoms with Crippen LogP contribution in [0.25, 0.3) is 0 Å². The summed E-state index contributed by atoms with van der Waals surface area (Å²) < 4.78 is 1.81. The summed E-state index contributed by atoms with van der Waals surface area (Å²) in [6, 6.07) is 0.243. The SMILES string of the molecule is CC(C)n1nc2c(c1N=C=O)CCC2. The molecule has 1 aromatic heterocycles. The third kappa shape index (κ3) is 1.28. The van der Waals surface area contributed by atoms with Crippen molar-refractivity contribution >= 4 is 11.9 Å². The molecule has 4 nitrogen and oxygen atoms in total. The van der Waals surface area contributed by atoms with Crippen LogP contribution in [0.4, 0.5) is 5.82 Å². The lowest BCUT2D eigenvalue weighted by Crippen LogP contribution is -2.03. The second-order valence-corrected chi connectivity index (χ2v) is 3.84. The molecule has 0 amide bonds. The number of aromatic nitrogens is 2. The van der Waals surface area contributed by atoms with Crippen molar-refractivity contribution in [1.82, 2.24) is 9.78 Å². The lowest BCUT2D eigenvalue weighted by Gasteiger charge is -2.07. The monoisotopic (exact) mass is 191 g/mol. The molecule has 0 fully saturated rings. The number of carbonyl (C=O) groups excluding carboxylic acids is 1. The first-order valence-corrected chi connectivity index (χ1v) is 4.92. The highest BCUT2D eigenvalue weighted by atomic mass is 16.1. The quantitative estimate of drug-likeness (QED) is 0.529. The Kier molecular flexibility index (Phi) is 2.22. The minimum absolute atomic E-state index is 0.243. The van der Waals surface area contributed by atoms with Crippen molar-refractivity contribution in [3.63, 3.8) is 0 Å². The molecule has 0 atom stereocenters. The number of rotatable bonds is 2. The van der Waals surface area contributed by atoms with E-state index in [1.807, 2.05) is 18.5 Å². The van der Waals surface area contributed by atoms with E-state index in [2.05, 4.69) is 10.1 Å². The van der Waals surface area contributed by atoms with Crippen LogP contribution in [0.3, 0.4) is 0 Å². The van der Waals surface area contributed by atoms with Crippen molar-refractivity contribution in [1.29, 1.82) is 0 Å². The number of nitrogens with zero attached hydrogens (tertiary/aromatic N) is 3. The van der Waals surface area contributed by atoms with E-state index in [0.717, 1.165) is 30.5 Å². The fourth-order valence-corrected chi connectivity index (χ4v) is 1.92. The number of aliphatic imine (C=N–C) groups is 1. The van der Waals surface area contributed by atoms with Gasteiger partial charge in [0.1, 0.15) is 0 Å². The fourth-order valence-electron chi connectivity index (χ4n) is 1.92. The first-order chi connectivity index (χ1) is 6.74. The van der Waals surface area contributed by atoms with Gasteiger partial charge in [0.15, 0.2) is 5.82 Å². The molecule has 1 aliphatic carbocycles. The predicted octanol–water partition coefficient (Wildman–Crippen LogP) is 1.92. The van der Waals surface area contributed by atoms with Crippen LogP contribution in [-0.4, -0.2) is 15.9 Å². The third-order valence-corrected chi connectivity index (χ3v) is 2.54. The minimum atomic E-state index is 0.243. The van der Waals surface area contributed by atoms with E-state index in [-0.39, 0.29) is 6.04 Å². The summed E-state index contributed by atoms with van der Waals surface area (Å²) in [6.45, 7) is 4.07. The molecular weight excluding hydrogens is 178 g/mol. The molecule has 1 aromatic rings. The van der Waals surface area contributed by atoms with E-state index in [0.29, 0.717) is 5.82 Å². The Labute approximate surface area is 82.6 Å². The summed E-state index contributed by atoms with van der Waals surface area (Å²) in [5, 5.41) is 4.45. The average Bonchev–Trinajstić information content (AvgIpc) is 2.67. The molecule has 1 aliphatic rings. The lowest BCUT2D eigenvalue weighted by atomic mass is 10.2. The highest BCUT2D eigenvalue weighted by Crippen LogP contribution is 2.32. The molecule has 0 aromatic carbocycles. The number of isocyanates is 1. The summed E-state index contributed by atoms with van der Waals surface area (Å²) in [6.07, 6.45) is 4.73. The molecule has 0 radical (unpaired) electrons. The van der Waals surface area contributed by atoms with E-state index in [1.54, 1.807) is 6.08 Å². The normalized spacial score (nSPS) is 14.2. The van der Waals surface area contributed by atoms with Crippen molar-refractivity contribution < 1.29 is 4.79 Å². The molecule has 0 N–H and O–H groups in total. The summed E-state index contributed by atoms with van der Waals surface area (Å²) in [4.78, 5) is 14.1. The molecule has 0 spiro atoms. The van der Waals surface area contributed by atoms with Crippen LogP contribution < -0.4 is 0 Å². The Morgan fingerprint density at radius 2 is 2.29 bits per heavy atom. The molecule has 74 valence electrons. The van der Waals surface area contributed by atoms with Crippen molar-refractivity contribution in [2.45, 2.75) is 39.2 Å². The topological polar surface area (TPSA) is 47.2 Å². The van der Waals surface area contributed by atoms with Crippen LogP contribution in [0.2, 0.25) is 0 Å². The Hall–Kier alpha value is -1.41. The van der Waals surface area contributed by atoms with Crippen LogP contribution in [0.1, 0.15) is 37.6 Å². The minimum Gasteiger partial charge on any atom is -0.244 e. The first-order valence-electron chi connectivity index (χ1n) is 4.92. The molecule has 0 unspecified atom stereocenters. The van der Waals surface area contributed by atoms with E-state index >= 15 is 0 Å². The van der Waals surface area contributed by atoms with E-state index < -0.39 is 0 Å². The van der Waals surface area contributed by atoms with Crippen LogP contribution in [0.15, 0.2) is 4.99 Å². The van der Waals surface area contributed by atoms with Gasteiger partial charge in [0.25, 0.3) is 0 Å². The lowest BCUT2D eigenvalue weighted by molar-refractivity contribution is 0.526. The first kappa shape index (κ1) is 9.16. The molecule has 1 heterocycles. The second-order valence-electron chi connectivity index (χ2n) is 3.84. The van der Waals surface area contributed by atoms with E-state index in [1.165, 1.54) is 0 Å². The predicted molar refractivity (Wildman–Crippen MR) is 52.4 cm³/mol. The van der Waals surface area contributed by atoms with E-state index in [4.69, 9.17) is 0 Å². The zero-order chi connectivity index (χ0) is 10.1. The summed E-state index contributed by atoms with van der Waals surface area (Å²) in [5.74, 6) is 0.711. The van der Waals surface area contributed by atoms with Crippen LogP contribution in [-0.2, 0) is 17.6 Å². The molecule has 0 bridgehead atoms. The van der Waals surface area contributed by atoms with Gasteiger partial charge in [0.2, 0.25) is 6.08 Å². The van der Waals surface area contributed by atoms with Crippen LogP contribution in [0, 0.1) is 0 Å². The smallest absolute Gasteiger partial charge is 0.242 e. The average molecular weight is 191 g/mol. The van der Waals surface area contributed by atoms with Gasteiger partial charge >= 0.3 is 0 Å². The van der Waals surface area contributed by atoms with Crippen LogP contribution in [0.5, 0.6) is 0 Å². The maximum absolute atomic E-state index is 10.3. The van der Waals surface area contributed by atoms with Gasteiger partial charge in [-0.2, -0.15) is 5.10 Å². The molecule has 14 heavy (non-hydrogen) atoms. The summed E-state index contributed by atoms with van der Waals surface area (Å²) >= 11 is 0. The molecule has 4 heteroatoms. The second kappa shape index (κ2) is 3.39. The highest BCUT2D eigenvalue weighted by molar-refractivity contribution is 5.52. The largest absolute Gasteiger partial charge is 0.244 e. The Morgan fingerprint density at radius 1 is 1.50 bits per heavy atom. The van der Waals surface area contributed by atoms with Gasteiger partial charge in [-0.3, -0.25) is 0 Å². The molecule has 0 saturated carbocycles. The van der Waals surface area contributed by atoms with Gasteiger partial charge in [-0.15, -0.1) is 4.99 Å². The van der Waals surface area contributed by atoms with Crippen molar-refractivity contribution in [2.24, 2.45) is 4.99 Å². The van der Waals surface area contributed by atoms with Gasteiger partial charge < -0.3 is 0 Å². The standard InChI is InChI=1S/C10H13N3O/c1-7(2)13-10(11-6-14)8-4-3-5-9(8)12-13/h7H,3-5H2,1-2H3. The van der Waals surface area contributed by atoms with Gasteiger partial charge in [0, 0.05) is 11.6 Å². The number of fused-ring (bicyclic) bond motifs is 1. The molecule has 0 aliphatic heterocycles. The third-order valence-electron chi connectivity index (χ3n) is 2.54. The summed E-state index contributed by atoms with van der Waals surface area (Å²) in [7, 11) is 0. The highest BCUT2D eigenvalue weighted by Gasteiger charge is 2.22. The van der Waals surface area contributed by atoms with E-state index in [9.17, 15) is 4.79 Å². The van der Waals surface area contributed by atoms with Gasteiger partial charge in [-0.05, 0) is 33.1 Å². The zero-order valence-electron chi connectivity index (χ0n) is 8.45. The Morgan fingerprint density at radius 3 is 2.93 bits per heavy atom. The van der Waals surface area contributed by atoms with Gasteiger partial charge in [-0.25, -0.2) is 9.48 Å². The van der Waals surface area contributed by atoms with Gasteiger partial charge in [0.05, 0.1) is 5.69 Å². The van der Waals surface area contributed by atoms with Crippen molar-refractivity contribution in [2.75, 3.05) is 0 Å². The number of aryl methyl sites for hydroxylation is 1. The maximum Gasteiger partial charge on any atom is 0.242 e. The molecule has 2 rings (SSSR count). The zero-order valence-corrected chi connectivity index (χ0v) is 8.45. The van der Waals surface area contributed by atoms with Crippen molar-refractivity contribution in [3.05, 3.63) is 11.3 Å². The number of hydrogen-bond acceptors (Lipinski definition) is 3. The molecule has 0 saturated heterocycles. The van der Waals surface area contributed by atoms with Crippen molar-refractivity contribution in [3.8, 4) is 0 Å². The summed E-state index contributed by atoms with van der Waals surface area (Å²) in [5.41, 5.74) is 2.25. The molecular formula is C10H13N3O. The Balaban J connectivity index is 2.56.